The van der Waals surface area contributed by atoms with Gasteiger partial charge in [0.2, 0.25) is 0 Å². The second-order valence-corrected chi connectivity index (χ2v) is 4.06. The molecule has 1 atom stereocenters. The molecule has 2 N–H and O–H groups in total. The van der Waals surface area contributed by atoms with Crippen LogP contribution in [0.1, 0.15) is 28.5 Å². The zero-order valence-corrected chi connectivity index (χ0v) is 9.17. The van der Waals surface area contributed by atoms with Gasteiger partial charge in [0, 0.05) is 18.7 Å². The van der Waals surface area contributed by atoms with Gasteiger partial charge in [-0.25, -0.2) is 9.50 Å². The lowest BCUT2D eigenvalue weighted by atomic mass is 10.0. The van der Waals surface area contributed by atoms with Crippen molar-refractivity contribution in [2.75, 3.05) is 13.2 Å². The van der Waals surface area contributed by atoms with E-state index in [9.17, 15) is 4.79 Å². The van der Waals surface area contributed by atoms with Crippen molar-refractivity contribution in [1.29, 1.82) is 0 Å². The third-order valence-electron chi connectivity index (χ3n) is 2.97. The van der Waals surface area contributed by atoms with Gasteiger partial charge in [0.05, 0.1) is 12.3 Å². The molecule has 17 heavy (non-hydrogen) atoms. The SMILES string of the molecule is NC(=O)c1c(C2CCOC2)nc2cccnn12. The Morgan fingerprint density at radius 1 is 1.59 bits per heavy atom. The van der Waals surface area contributed by atoms with Crippen LogP contribution in [0.4, 0.5) is 0 Å². The number of carbonyl (C=O) groups excluding carboxylic acids is 1. The number of rotatable bonds is 2. The van der Waals surface area contributed by atoms with Crippen molar-refractivity contribution in [2.24, 2.45) is 5.73 Å². The second-order valence-electron chi connectivity index (χ2n) is 4.06. The molecule has 2 aromatic heterocycles. The van der Waals surface area contributed by atoms with Crippen LogP contribution in [0.15, 0.2) is 18.3 Å². The van der Waals surface area contributed by atoms with E-state index in [0.29, 0.717) is 30.2 Å². The summed E-state index contributed by atoms with van der Waals surface area (Å²) in [7, 11) is 0. The number of imidazole rings is 1. The zero-order chi connectivity index (χ0) is 11.8. The fraction of sp³-hybridized carbons (Fsp3) is 0.364. The van der Waals surface area contributed by atoms with Gasteiger partial charge in [-0.3, -0.25) is 4.79 Å². The average molecular weight is 232 g/mol. The molecule has 3 rings (SSSR count). The molecule has 0 saturated carbocycles. The molecule has 88 valence electrons. The highest BCUT2D eigenvalue weighted by Gasteiger charge is 2.27. The van der Waals surface area contributed by atoms with Crippen molar-refractivity contribution in [1.82, 2.24) is 14.6 Å². The highest BCUT2D eigenvalue weighted by atomic mass is 16.5. The Morgan fingerprint density at radius 2 is 2.47 bits per heavy atom. The summed E-state index contributed by atoms with van der Waals surface area (Å²) in [4.78, 5) is 16.0. The van der Waals surface area contributed by atoms with Crippen LogP contribution in [0.2, 0.25) is 0 Å². The molecule has 6 nitrogen and oxygen atoms in total. The maximum absolute atomic E-state index is 11.5. The summed E-state index contributed by atoms with van der Waals surface area (Å²) in [6, 6.07) is 3.58. The number of primary amides is 1. The number of nitrogens with zero attached hydrogens (tertiary/aromatic N) is 3. The molecule has 1 amide bonds. The number of amides is 1. The van der Waals surface area contributed by atoms with Crippen molar-refractivity contribution >= 4 is 11.6 Å². The quantitative estimate of drug-likeness (QED) is 0.809. The number of aromatic nitrogens is 3. The lowest BCUT2D eigenvalue weighted by Crippen LogP contribution is -2.18. The molecule has 0 bridgehead atoms. The normalized spacial score (nSPS) is 19.9. The summed E-state index contributed by atoms with van der Waals surface area (Å²) in [5, 5.41) is 4.11. The van der Waals surface area contributed by atoms with Crippen LogP contribution in [0, 0.1) is 0 Å². The molecule has 0 aliphatic carbocycles. The van der Waals surface area contributed by atoms with Crippen LogP contribution >= 0.6 is 0 Å². The van der Waals surface area contributed by atoms with Crippen LogP contribution in [-0.2, 0) is 4.74 Å². The Labute approximate surface area is 97.4 Å². The van der Waals surface area contributed by atoms with Gasteiger partial charge in [-0.05, 0) is 18.6 Å². The van der Waals surface area contributed by atoms with E-state index in [4.69, 9.17) is 10.5 Å². The molecule has 0 spiro atoms. The van der Waals surface area contributed by atoms with Gasteiger partial charge in [0.1, 0.15) is 0 Å². The average Bonchev–Trinajstić information content (AvgIpc) is 2.95. The monoisotopic (exact) mass is 232 g/mol. The van der Waals surface area contributed by atoms with Crippen LogP contribution in [-0.4, -0.2) is 33.7 Å². The maximum atomic E-state index is 11.5. The Bertz CT molecular complexity index is 572. The van der Waals surface area contributed by atoms with Gasteiger partial charge in [0.15, 0.2) is 11.3 Å². The minimum atomic E-state index is -0.502. The summed E-state index contributed by atoms with van der Waals surface area (Å²) >= 11 is 0. The second kappa shape index (κ2) is 3.81. The standard InChI is InChI=1S/C11H12N4O2/c12-11(16)10-9(7-3-5-17-6-7)14-8-2-1-4-13-15(8)10/h1-2,4,7H,3,5-6H2,(H2,12,16). The van der Waals surface area contributed by atoms with Crippen molar-refractivity contribution < 1.29 is 9.53 Å². The molecular formula is C11H12N4O2. The molecule has 1 aliphatic rings. The molecule has 6 heteroatoms. The highest BCUT2D eigenvalue weighted by Crippen LogP contribution is 2.27. The molecule has 1 saturated heterocycles. The first-order valence-corrected chi connectivity index (χ1v) is 5.48. The Balaban J connectivity index is 2.22. The number of hydrogen-bond donors (Lipinski definition) is 1. The largest absolute Gasteiger partial charge is 0.381 e. The van der Waals surface area contributed by atoms with Crippen molar-refractivity contribution in [3.8, 4) is 0 Å². The number of nitrogens with two attached hydrogens (primary N) is 1. The first-order valence-electron chi connectivity index (χ1n) is 5.48. The van der Waals surface area contributed by atoms with Gasteiger partial charge in [-0.2, -0.15) is 5.10 Å². The first kappa shape index (κ1) is 10.2. The molecule has 1 fully saturated rings. The lowest BCUT2D eigenvalue weighted by Gasteiger charge is -2.04. The van der Waals surface area contributed by atoms with Gasteiger partial charge >= 0.3 is 0 Å². The fourth-order valence-electron chi connectivity index (χ4n) is 2.17. The van der Waals surface area contributed by atoms with Crippen LogP contribution in [0.25, 0.3) is 5.65 Å². The Hall–Kier alpha value is -1.95. The summed E-state index contributed by atoms with van der Waals surface area (Å²) in [5.41, 5.74) is 7.13. The molecule has 0 radical (unpaired) electrons. The molecule has 2 aromatic rings. The number of carbonyl (C=O) groups is 1. The van der Waals surface area contributed by atoms with Gasteiger partial charge in [-0.1, -0.05) is 0 Å². The number of ether oxygens (including phenoxy) is 1. The van der Waals surface area contributed by atoms with E-state index < -0.39 is 5.91 Å². The van der Waals surface area contributed by atoms with E-state index in [-0.39, 0.29) is 5.92 Å². The topological polar surface area (TPSA) is 82.5 Å². The van der Waals surface area contributed by atoms with E-state index in [0.717, 1.165) is 6.42 Å². The zero-order valence-electron chi connectivity index (χ0n) is 9.17. The van der Waals surface area contributed by atoms with E-state index in [1.54, 1.807) is 18.3 Å². The summed E-state index contributed by atoms with van der Waals surface area (Å²) in [6.45, 7) is 1.29. The molecular weight excluding hydrogens is 220 g/mol. The summed E-state index contributed by atoms with van der Waals surface area (Å²) < 4.78 is 6.82. The van der Waals surface area contributed by atoms with E-state index in [1.165, 1.54) is 4.52 Å². The van der Waals surface area contributed by atoms with E-state index in [1.807, 2.05) is 0 Å². The van der Waals surface area contributed by atoms with Crippen molar-refractivity contribution in [2.45, 2.75) is 12.3 Å². The van der Waals surface area contributed by atoms with Gasteiger partial charge in [0.25, 0.3) is 5.91 Å². The van der Waals surface area contributed by atoms with Crippen LogP contribution in [0.3, 0.4) is 0 Å². The Morgan fingerprint density at radius 3 is 3.18 bits per heavy atom. The molecule has 1 unspecified atom stereocenters. The highest BCUT2D eigenvalue weighted by molar-refractivity contribution is 5.93. The molecule has 1 aliphatic heterocycles. The van der Waals surface area contributed by atoms with Gasteiger partial charge in [-0.15, -0.1) is 0 Å². The van der Waals surface area contributed by atoms with Crippen molar-refractivity contribution in [3.05, 3.63) is 29.7 Å². The third-order valence-corrected chi connectivity index (χ3v) is 2.97. The fourth-order valence-corrected chi connectivity index (χ4v) is 2.17. The maximum Gasteiger partial charge on any atom is 0.269 e. The summed E-state index contributed by atoms with van der Waals surface area (Å²) in [5.74, 6) is -0.364. The minimum absolute atomic E-state index is 0.138. The van der Waals surface area contributed by atoms with Crippen LogP contribution in [0.5, 0.6) is 0 Å². The van der Waals surface area contributed by atoms with E-state index in [2.05, 4.69) is 10.1 Å². The smallest absolute Gasteiger partial charge is 0.269 e. The number of fused-ring (bicyclic) bond motifs is 1. The third kappa shape index (κ3) is 1.57. The predicted octanol–water partition coefficient (Wildman–Crippen LogP) is 0.332. The Kier molecular flexibility index (Phi) is 2.29. The first-order chi connectivity index (χ1) is 8.27. The lowest BCUT2D eigenvalue weighted by molar-refractivity contribution is 0.0992. The number of hydrogen-bond acceptors (Lipinski definition) is 4. The van der Waals surface area contributed by atoms with Crippen molar-refractivity contribution in [3.63, 3.8) is 0 Å². The predicted molar refractivity (Wildman–Crippen MR) is 59.7 cm³/mol. The van der Waals surface area contributed by atoms with E-state index >= 15 is 0 Å². The molecule has 3 heterocycles. The van der Waals surface area contributed by atoms with Crippen LogP contribution < -0.4 is 5.73 Å². The van der Waals surface area contributed by atoms with Gasteiger partial charge < -0.3 is 10.5 Å². The molecule has 0 aromatic carbocycles. The minimum Gasteiger partial charge on any atom is -0.381 e. The summed E-state index contributed by atoms with van der Waals surface area (Å²) in [6.07, 6.45) is 2.47.